The molecule has 0 saturated heterocycles. The first-order valence-corrected chi connectivity index (χ1v) is 8.07. The molecule has 2 N–H and O–H groups in total. The summed E-state index contributed by atoms with van der Waals surface area (Å²) in [4.78, 5) is 15.8. The number of carbonyl (C=O) groups excluding carboxylic acids is 1. The average Bonchev–Trinajstić information content (AvgIpc) is 3.00. The third-order valence-electron chi connectivity index (χ3n) is 4.76. The summed E-state index contributed by atoms with van der Waals surface area (Å²) in [6, 6.07) is 9.70. The highest BCUT2D eigenvalue weighted by Crippen LogP contribution is 2.32. The van der Waals surface area contributed by atoms with Crippen LogP contribution >= 0.6 is 0 Å². The Labute approximate surface area is 141 Å². The van der Waals surface area contributed by atoms with Crippen molar-refractivity contribution in [3.05, 3.63) is 65.1 Å². The second-order valence-corrected chi connectivity index (χ2v) is 6.28. The molecule has 128 valence electrons. The first kappa shape index (κ1) is 15.7. The number of H-pyrrole nitrogens is 1. The van der Waals surface area contributed by atoms with Crippen LogP contribution in [0, 0.1) is 23.4 Å². The second-order valence-electron chi connectivity index (χ2n) is 6.28. The molecule has 2 aromatic carbocycles. The lowest BCUT2D eigenvalue weighted by Gasteiger charge is -2.22. The number of carbonyl (C=O) groups is 1. The van der Waals surface area contributed by atoms with Crippen molar-refractivity contribution < 1.29 is 18.0 Å². The summed E-state index contributed by atoms with van der Waals surface area (Å²) in [6.07, 6.45) is 1.84. The van der Waals surface area contributed by atoms with Crippen LogP contribution in [0.2, 0.25) is 0 Å². The summed E-state index contributed by atoms with van der Waals surface area (Å²) < 4.78 is 40.1. The summed E-state index contributed by atoms with van der Waals surface area (Å²) in [6.45, 7) is 0. The Kier molecular flexibility index (Phi) is 3.75. The van der Waals surface area contributed by atoms with Gasteiger partial charge in [-0.05, 0) is 43.0 Å². The number of aromatic nitrogens is 1. The summed E-state index contributed by atoms with van der Waals surface area (Å²) >= 11 is 0. The molecule has 3 nitrogen and oxygen atoms in total. The zero-order chi connectivity index (χ0) is 17.6. The lowest BCUT2D eigenvalue weighted by atomic mass is 9.86. The molecule has 1 heterocycles. The topological polar surface area (TPSA) is 44.9 Å². The maximum absolute atomic E-state index is 13.8. The minimum atomic E-state index is -1.58. The molecule has 1 aliphatic carbocycles. The maximum atomic E-state index is 13.8. The quantitative estimate of drug-likeness (QED) is 0.668. The van der Waals surface area contributed by atoms with E-state index in [0.717, 1.165) is 34.3 Å². The van der Waals surface area contributed by atoms with E-state index in [1.54, 1.807) is 0 Å². The Balaban J connectivity index is 1.57. The first-order chi connectivity index (χ1) is 12.0. The van der Waals surface area contributed by atoms with Gasteiger partial charge in [0, 0.05) is 22.5 Å². The van der Waals surface area contributed by atoms with Crippen LogP contribution in [0.3, 0.4) is 0 Å². The Morgan fingerprint density at radius 2 is 1.88 bits per heavy atom. The highest BCUT2D eigenvalue weighted by Gasteiger charge is 2.28. The van der Waals surface area contributed by atoms with Crippen molar-refractivity contribution in [2.24, 2.45) is 5.92 Å². The number of fused-ring (bicyclic) bond motifs is 3. The van der Waals surface area contributed by atoms with Gasteiger partial charge in [0.1, 0.15) is 0 Å². The number of hydrogen-bond acceptors (Lipinski definition) is 1. The van der Waals surface area contributed by atoms with E-state index in [1.165, 1.54) is 0 Å². The van der Waals surface area contributed by atoms with Gasteiger partial charge in [0.25, 0.3) is 0 Å². The number of para-hydroxylation sites is 1. The lowest BCUT2D eigenvalue weighted by molar-refractivity contribution is -0.120. The van der Waals surface area contributed by atoms with Crippen molar-refractivity contribution in [2.75, 3.05) is 5.32 Å². The van der Waals surface area contributed by atoms with Crippen LogP contribution in [0.25, 0.3) is 10.9 Å². The van der Waals surface area contributed by atoms with Gasteiger partial charge in [-0.25, -0.2) is 13.2 Å². The Hall–Kier alpha value is -2.76. The molecule has 0 radical (unpaired) electrons. The molecule has 6 heteroatoms. The minimum absolute atomic E-state index is 0.339. The van der Waals surface area contributed by atoms with Crippen LogP contribution in [0.15, 0.2) is 36.4 Å². The normalized spacial score (nSPS) is 16.7. The predicted octanol–water partition coefficient (Wildman–Crippen LogP) is 4.33. The number of benzene rings is 2. The lowest BCUT2D eigenvalue weighted by Crippen LogP contribution is -2.28. The van der Waals surface area contributed by atoms with E-state index in [9.17, 15) is 18.0 Å². The van der Waals surface area contributed by atoms with Crippen molar-refractivity contribution in [1.29, 1.82) is 0 Å². The third-order valence-corrected chi connectivity index (χ3v) is 4.76. The second kappa shape index (κ2) is 5.95. The van der Waals surface area contributed by atoms with Crippen molar-refractivity contribution in [2.45, 2.75) is 19.3 Å². The zero-order valence-corrected chi connectivity index (χ0v) is 13.2. The number of amides is 1. The molecule has 0 spiro atoms. The number of hydrogen-bond donors (Lipinski definition) is 2. The number of rotatable bonds is 2. The molecule has 1 unspecified atom stereocenters. The van der Waals surface area contributed by atoms with Crippen molar-refractivity contribution >= 4 is 22.5 Å². The van der Waals surface area contributed by atoms with Gasteiger partial charge in [0.05, 0.1) is 5.69 Å². The number of anilines is 1. The van der Waals surface area contributed by atoms with Crippen LogP contribution in [0.1, 0.15) is 17.7 Å². The molecule has 3 aromatic rings. The Morgan fingerprint density at radius 3 is 2.72 bits per heavy atom. The fourth-order valence-corrected chi connectivity index (χ4v) is 3.45. The number of aryl methyl sites for hydroxylation is 1. The largest absolute Gasteiger partial charge is 0.358 e. The summed E-state index contributed by atoms with van der Waals surface area (Å²) in [5.74, 6) is -4.98. The van der Waals surface area contributed by atoms with E-state index in [-0.39, 0.29) is 17.5 Å². The average molecular weight is 344 g/mol. The van der Waals surface area contributed by atoms with Gasteiger partial charge in [-0.2, -0.15) is 0 Å². The SMILES string of the molecule is O=C(Nc1ccc(F)c(F)c1F)C1CCc2[nH]c3ccccc3c2C1. The third kappa shape index (κ3) is 2.67. The molecule has 1 aromatic heterocycles. The fraction of sp³-hybridized carbons (Fsp3) is 0.211. The molecule has 1 atom stereocenters. The number of nitrogens with one attached hydrogen (secondary N) is 2. The monoisotopic (exact) mass is 344 g/mol. The zero-order valence-electron chi connectivity index (χ0n) is 13.2. The molecule has 1 aliphatic rings. The van der Waals surface area contributed by atoms with Crippen LogP contribution in [0.4, 0.5) is 18.9 Å². The predicted molar refractivity (Wildman–Crippen MR) is 88.8 cm³/mol. The highest BCUT2D eigenvalue weighted by atomic mass is 19.2. The maximum Gasteiger partial charge on any atom is 0.227 e. The van der Waals surface area contributed by atoms with E-state index in [4.69, 9.17) is 0 Å². The van der Waals surface area contributed by atoms with Gasteiger partial charge in [0.2, 0.25) is 5.91 Å². The molecular formula is C19H15F3N2O. The smallest absolute Gasteiger partial charge is 0.227 e. The van der Waals surface area contributed by atoms with E-state index >= 15 is 0 Å². The van der Waals surface area contributed by atoms with Crippen LogP contribution in [-0.4, -0.2) is 10.9 Å². The van der Waals surface area contributed by atoms with Gasteiger partial charge in [0.15, 0.2) is 17.5 Å². The standard InChI is InChI=1S/C19H15F3N2O/c20-13-6-8-16(18(22)17(13)21)24-19(25)10-5-7-15-12(9-10)11-3-1-2-4-14(11)23-15/h1-4,6,8,10,23H,5,7,9H2,(H,24,25). The van der Waals surface area contributed by atoms with Gasteiger partial charge in [-0.1, -0.05) is 18.2 Å². The van der Waals surface area contributed by atoms with E-state index < -0.39 is 17.5 Å². The van der Waals surface area contributed by atoms with Crippen LogP contribution in [0.5, 0.6) is 0 Å². The first-order valence-electron chi connectivity index (χ1n) is 8.07. The molecule has 0 bridgehead atoms. The van der Waals surface area contributed by atoms with Crippen molar-refractivity contribution in [3.8, 4) is 0 Å². The molecule has 1 amide bonds. The van der Waals surface area contributed by atoms with Gasteiger partial charge in [-0.15, -0.1) is 0 Å². The molecule has 0 saturated carbocycles. The van der Waals surface area contributed by atoms with Crippen molar-refractivity contribution in [3.63, 3.8) is 0 Å². The summed E-state index contributed by atoms with van der Waals surface area (Å²) in [5, 5.41) is 3.47. The van der Waals surface area contributed by atoms with Gasteiger partial charge >= 0.3 is 0 Å². The van der Waals surface area contributed by atoms with Gasteiger partial charge in [-0.3, -0.25) is 4.79 Å². The number of halogens is 3. The highest BCUT2D eigenvalue weighted by molar-refractivity contribution is 5.94. The van der Waals surface area contributed by atoms with Crippen molar-refractivity contribution in [1.82, 2.24) is 4.98 Å². The molecular weight excluding hydrogens is 329 g/mol. The summed E-state index contributed by atoms with van der Waals surface area (Å²) in [5.41, 5.74) is 2.89. The fourth-order valence-electron chi connectivity index (χ4n) is 3.45. The molecule has 0 fully saturated rings. The van der Waals surface area contributed by atoms with Gasteiger partial charge < -0.3 is 10.3 Å². The molecule has 4 rings (SSSR count). The van der Waals surface area contributed by atoms with E-state index in [2.05, 4.69) is 10.3 Å². The Bertz CT molecular complexity index is 980. The van der Waals surface area contributed by atoms with Crippen LogP contribution < -0.4 is 5.32 Å². The van der Waals surface area contributed by atoms with Crippen LogP contribution in [-0.2, 0) is 17.6 Å². The molecule has 25 heavy (non-hydrogen) atoms. The Morgan fingerprint density at radius 1 is 1.08 bits per heavy atom. The minimum Gasteiger partial charge on any atom is -0.358 e. The van der Waals surface area contributed by atoms with E-state index in [1.807, 2.05) is 24.3 Å². The van der Waals surface area contributed by atoms with E-state index in [0.29, 0.717) is 19.3 Å². The summed E-state index contributed by atoms with van der Waals surface area (Å²) in [7, 11) is 0. The number of aromatic amines is 1. The molecule has 0 aliphatic heterocycles.